The number of nitrogens with zero attached hydrogens (tertiary/aromatic N) is 3. The number of carbonyl (C=O) groups is 1. The molecule has 0 radical (unpaired) electrons. The number of aromatic nitrogens is 1. The summed E-state index contributed by atoms with van der Waals surface area (Å²) in [5.74, 6) is 1.52. The van der Waals surface area contributed by atoms with E-state index in [9.17, 15) is 10.1 Å². The highest BCUT2D eigenvalue weighted by Crippen LogP contribution is 2.30. The van der Waals surface area contributed by atoms with E-state index in [0.717, 1.165) is 76.0 Å². The van der Waals surface area contributed by atoms with Crippen molar-refractivity contribution in [1.29, 1.82) is 5.26 Å². The molecule has 216 valence electrons. The van der Waals surface area contributed by atoms with Gasteiger partial charge in [0.1, 0.15) is 0 Å². The van der Waals surface area contributed by atoms with Crippen LogP contribution in [0.4, 0.5) is 0 Å². The first-order valence-corrected chi connectivity index (χ1v) is 15.8. The third kappa shape index (κ3) is 7.01. The maximum Gasteiger partial charge on any atom is 0.162 e. The molecule has 2 aliphatic heterocycles. The summed E-state index contributed by atoms with van der Waals surface area (Å²) < 4.78 is 0. The molecule has 0 bridgehead atoms. The number of hydrogen-bond donors (Lipinski definition) is 1. The lowest BCUT2D eigenvalue weighted by molar-refractivity contribution is 0.0961. The molecule has 2 aliphatic rings. The van der Waals surface area contributed by atoms with Crippen LogP contribution in [0.2, 0.25) is 0 Å². The average molecular weight is 559 g/mol. The van der Waals surface area contributed by atoms with Crippen molar-refractivity contribution < 1.29 is 4.79 Å². The summed E-state index contributed by atoms with van der Waals surface area (Å²) in [5, 5.41) is 10.4. The Morgan fingerprint density at radius 3 is 2.36 bits per heavy atom. The molecular formula is C37H42N4O. The number of rotatable bonds is 10. The van der Waals surface area contributed by atoms with Crippen molar-refractivity contribution in [1.82, 2.24) is 14.8 Å². The first-order valence-electron chi connectivity index (χ1n) is 15.8. The van der Waals surface area contributed by atoms with Crippen LogP contribution in [0.25, 0.3) is 10.9 Å². The smallest absolute Gasteiger partial charge is 0.162 e. The minimum atomic E-state index is 0.294. The van der Waals surface area contributed by atoms with Gasteiger partial charge in [-0.2, -0.15) is 5.26 Å². The zero-order chi connectivity index (χ0) is 28.7. The zero-order valence-electron chi connectivity index (χ0n) is 24.6. The summed E-state index contributed by atoms with van der Waals surface area (Å²) in [5.41, 5.74) is 6.74. The highest BCUT2D eigenvalue weighted by Gasteiger charge is 2.22. The number of benzene rings is 3. The van der Waals surface area contributed by atoms with Gasteiger partial charge in [0.15, 0.2) is 5.78 Å². The second-order valence-electron chi connectivity index (χ2n) is 12.3. The van der Waals surface area contributed by atoms with Crippen LogP contribution >= 0.6 is 0 Å². The molecule has 1 N–H and O–H groups in total. The van der Waals surface area contributed by atoms with Crippen LogP contribution in [0, 0.1) is 17.2 Å². The molecule has 5 heteroatoms. The number of nitriles is 1. The van der Waals surface area contributed by atoms with E-state index >= 15 is 0 Å². The number of piperidine rings is 2. The van der Waals surface area contributed by atoms with Crippen molar-refractivity contribution >= 4 is 16.7 Å². The van der Waals surface area contributed by atoms with Crippen molar-refractivity contribution in [2.24, 2.45) is 5.92 Å². The van der Waals surface area contributed by atoms with Crippen molar-refractivity contribution in [3.63, 3.8) is 0 Å². The molecule has 0 spiro atoms. The Kier molecular flexibility index (Phi) is 9.13. The molecule has 3 heterocycles. The minimum Gasteiger partial charge on any atom is -0.361 e. The molecule has 3 aromatic carbocycles. The summed E-state index contributed by atoms with van der Waals surface area (Å²) in [6.45, 7) is 6.54. The van der Waals surface area contributed by atoms with Gasteiger partial charge in [-0.3, -0.25) is 9.69 Å². The lowest BCUT2D eigenvalue weighted by Crippen LogP contribution is -2.34. The summed E-state index contributed by atoms with van der Waals surface area (Å²) in [6, 6.07) is 27.4. The van der Waals surface area contributed by atoms with Crippen LogP contribution in [0.1, 0.15) is 77.1 Å². The highest BCUT2D eigenvalue weighted by atomic mass is 16.1. The number of ketones is 1. The number of H-pyrrole nitrogens is 1. The predicted octanol–water partition coefficient (Wildman–Crippen LogP) is 7.34. The summed E-state index contributed by atoms with van der Waals surface area (Å²) >= 11 is 0. The van der Waals surface area contributed by atoms with Gasteiger partial charge in [-0.25, -0.2) is 0 Å². The number of hydrogen-bond acceptors (Lipinski definition) is 4. The third-order valence-electron chi connectivity index (χ3n) is 9.62. The van der Waals surface area contributed by atoms with Gasteiger partial charge < -0.3 is 9.88 Å². The fourth-order valence-electron chi connectivity index (χ4n) is 6.92. The van der Waals surface area contributed by atoms with Gasteiger partial charge in [-0.05, 0) is 111 Å². The van der Waals surface area contributed by atoms with E-state index in [0.29, 0.717) is 29.6 Å². The molecule has 0 unspecified atom stereocenters. The first kappa shape index (κ1) is 28.4. The number of aromatic amines is 1. The molecule has 0 atom stereocenters. The monoisotopic (exact) mass is 558 g/mol. The lowest BCUT2D eigenvalue weighted by Gasteiger charge is -2.32. The Labute approximate surface area is 250 Å². The van der Waals surface area contributed by atoms with Gasteiger partial charge in [0.2, 0.25) is 0 Å². The van der Waals surface area contributed by atoms with Crippen molar-refractivity contribution in [3.05, 3.63) is 107 Å². The van der Waals surface area contributed by atoms with Gasteiger partial charge in [-0.15, -0.1) is 0 Å². The maximum atomic E-state index is 13.0. The normalized spacial score (nSPS) is 17.4. The van der Waals surface area contributed by atoms with Gasteiger partial charge in [0.25, 0.3) is 0 Å². The highest BCUT2D eigenvalue weighted by molar-refractivity contribution is 5.96. The Morgan fingerprint density at radius 2 is 1.62 bits per heavy atom. The number of nitrogens with one attached hydrogen (secondary N) is 1. The van der Waals surface area contributed by atoms with Crippen molar-refractivity contribution in [3.8, 4) is 6.07 Å². The molecular weight excluding hydrogens is 516 g/mol. The van der Waals surface area contributed by atoms with Crippen LogP contribution in [0.15, 0.2) is 79.0 Å². The van der Waals surface area contributed by atoms with Gasteiger partial charge in [-0.1, -0.05) is 54.6 Å². The summed E-state index contributed by atoms with van der Waals surface area (Å²) in [6.07, 6.45) is 9.46. The number of likely N-dealkylation sites (tertiary alicyclic amines) is 2. The maximum absolute atomic E-state index is 13.0. The lowest BCUT2D eigenvalue weighted by atomic mass is 9.87. The van der Waals surface area contributed by atoms with E-state index in [1.165, 1.54) is 34.9 Å². The van der Waals surface area contributed by atoms with Gasteiger partial charge in [0.05, 0.1) is 11.6 Å². The van der Waals surface area contributed by atoms with Crippen LogP contribution in [-0.4, -0.2) is 53.3 Å². The number of carbonyl (C=O) groups excluding carboxylic acids is 1. The quantitative estimate of drug-likeness (QED) is 0.207. The Bertz CT molecular complexity index is 1500. The van der Waals surface area contributed by atoms with Gasteiger partial charge >= 0.3 is 0 Å². The zero-order valence-corrected chi connectivity index (χ0v) is 24.6. The average Bonchev–Trinajstić information content (AvgIpc) is 3.46. The van der Waals surface area contributed by atoms with Crippen LogP contribution in [0.3, 0.4) is 0 Å². The molecule has 2 fully saturated rings. The fraction of sp³-hybridized carbons (Fsp3) is 0.405. The van der Waals surface area contributed by atoms with Crippen LogP contribution in [-0.2, 0) is 13.0 Å². The van der Waals surface area contributed by atoms with Crippen molar-refractivity contribution in [2.75, 3.05) is 32.7 Å². The van der Waals surface area contributed by atoms with E-state index in [4.69, 9.17) is 0 Å². The molecule has 0 amide bonds. The first-order chi connectivity index (χ1) is 20.6. The van der Waals surface area contributed by atoms with E-state index in [-0.39, 0.29) is 0 Å². The summed E-state index contributed by atoms with van der Waals surface area (Å²) in [7, 11) is 0. The third-order valence-corrected chi connectivity index (χ3v) is 9.62. The molecule has 1 aromatic heterocycles. The molecule has 5 nitrogen and oxygen atoms in total. The van der Waals surface area contributed by atoms with E-state index < -0.39 is 0 Å². The van der Waals surface area contributed by atoms with E-state index in [1.807, 2.05) is 18.2 Å². The van der Waals surface area contributed by atoms with Crippen molar-refractivity contribution in [2.45, 2.75) is 57.4 Å². The molecule has 0 aliphatic carbocycles. The topological polar surface area (TPSA) is 63.1 Å². The molecule has 4 aromatic rings. The Morgan fingerprint density at radius 1 is 0.881 bits per heavy atom. The van der Waals surface area contributed by atoms with Crippen LogP contribution < -0.4 is 0 Å². The minimum absolute atomic E-state index is 0.294. The second-order valence-corrected chi connectivity index (χ2v) is 12.3. The fourth-order valence-corrected chi connectivity index (χ4v) is 6.92. The summed E-state index contributed by atoms with van der Waals surface area (Å²) in [4.78, 5) is 21.4. The number of Topliss-reactive ketones (excluding diaryl/α,β-unsaturated/α-hetero) is 1. The standard InChI is InChI=1S/C37H42N4O/c38-25-30-6-12-36-35(24-30)34(26-39-36)18-23-40-21-16-32(17-22-40)31-8-10-33(11-9-31)37(42)13-7-28-14-19-41(20-15-28)27-29-4-2-1-3-5-29/h1-6,8-12,24,26,28,32,39H,7,13-23,27H2. The van der Waals surface area contributed by atoms with E-state index in [2.05, 4.69) is 81.6 Å². The van der Waals surface area contributed by atoms with Gasteiger partial charge in [0, 0.05) is 42.2 Å². The Hall–Kier alpha value is -3.72. The molecule has 42 heavy (non-hydrogen) atoms. The molecule has 0 saturated carbocycles. The SMILES string of the molecule is N#Cc1ccc2[nH]cc(CCN3CCC(c4ccc(C(=O)CCC5CCN(Cc6ccccc6)CC5)cc4)CC3)c2c1. The largest absolute Gasteiger partial charge is 0.361 e. The van der Waals surface area contributed by atoms with E-state index in [1.54, 1.807) is 0 Å². The molecule has 2 saturated heterocycles. The number of fused-ring (bicyclic) bond motifs is 1. The predicted molar refractivity (Wildman–Crippen MR) is 170 cm³/mol. The van der Waals surface area contributed by atoms with Crippen LogP contribution in [0.5, 0.6) is 0 Å². The second kappa shape index (κ2) is 13.5. The Balaban J connectivity index is 0.916. The molecule has 6 rings (SSSR count).